The minimum atomic E-state index is -0.0895. The summed E-state index contributed by atoms with van der Waals surface area (Å²) in [5, 5.41) is 9.69. The Kier molecular flexibility index (Phi) is 6.54. The summed E-state index contributed by atoms with van der Waals surface area (Å²) < 4.78 is 2.29. The van der Waals surface area contributed by atoms with Crippen LogP contribution in [0.1, 0.15) is 30.5 Å². The summed E-state index contributed by atoms with van der Waals surface area (Å²) in [5.41, 5.74) is 19.7. The second-order valence-corrected chi connectivity index (χ2v) is 12.2. The van der Waals surface area contributed by atoms with Gasteiger partial charge in [-0.3, -0.25) is 0 Å². The van der Waals surface area contributed by atoms with Gasteiger partial charge in [-0.05, 0) is 71.8 Å². The van der Waals surface area contributed by atoms with E-state index in [-0.39, 0.29) is 5.41 Å². The van der Waals surface area contributed by atoms with Gasteiger partial charge in [0, 0.05) is 45.0 Å². The Morgan fingerprint density at radius 2 is 1.11 bits per heavy atom. The van der Waals surface area contributed by atoms with Crippen molar-refractivity contribution in [3.05, 3.63) is 168 Å². The molecule has 0 amide bonds. The molecular weight excluding hydrogens is 562 g/mol. The van der Waals surface area contributed by atoms with Crippen LogP contribution in [-0.4, -0.2) is 4.57 Å². The van der Waals surface area contributed by atoms with E-state index in [2.05, 4.69) is 167 Å². The van der Waals surface area contributed by atoms with Crippen molar-refractivity contribution in [3.8, 4) is 5.69 Å². The molecule has 0 spiro atoms. The molecule has 0 saturated carbocycles. The SMILES string of the molecule is CC1(C)c2ccccc2N(c2ccc(N/C=C(\N=N)c3ccc(-n4c5ccccc5c5ccccc54)cc3)cc2)c2ccccc21. The lowest BCUT2D eigenvalue weighted by Gasteiger charge is -2.42. The van der Waals surface area contributed by atoms with Crippen LogP contribution in [0.25, 0.3) is 33.2 Å². The highest BCUT2D eigenvalue weighted by atomic mass is 15.2. The Morgan fingerprint density at radius 1 is 0.609 bits per heavy atom. The predicted octanol–water partition coefficient (Wildman–Crippen LogP) is 11.3. The van der Waals surface area contributed by atoms with Crippen molar-refractivity contribution < 1.29 is 0 Å². The van der Waals surface area contributed by atoms with E-state index in [0.29, 0.717) is 5.70 Å². The Bertz CT molecular complexity index is 2170. The molecule has 0 fully saturated rings. The van der Waals surface area contributed by atoms with E-state index in [4.69, 9.17) is 5.53 Å². The van der Waals surface area contributed by atoms with Gasteiger partial charge in [-0.25, -0.2) is 5.53 Å². The number of para-hydroxylation sites is 4. The van der Waals surface area contributed by atoms with Gasteiger partial charge in [-0.2, -0.15) is 5.11 Å². The molecule has 0 bridgehead atoms. The molecule has 7 aromatic rings. The first-order valence-electron chi connectivity index (χ1n) is 15.6. The molecule has 0 atom stereocenters. The fraction of sp³-hybridized carbons (Fsp3) is 0.0732. The first kappa shape index (κ1) is 27.6. The van der Waals surface area contributed by atoms with Crippen molar-refractivity contribution in [1.29, 1.82) is 5.53 Å². The molecule has 0 aliphatic carbocycles. The molecule has 0 saturated heterocycles. The number of anilines is 4. The molecule has 1 aliphatic rings. The highest BCUT2D eigenvalue weighted by Crippen LogP contribution is 2.51. The van der Waals surface area contributed by atoms with E-state index in [9.17, 15) is 0 Å². The lowest BCUT2D eigenvalue weighted by Crippen LogP contribution is -2.30. The topological polar surface area (TPSA) is 56.4 Å². The zero-order chi connectivity index (χ0) is 31.3. The zero-order valence-electron chi connectivity index (χ0n) is 25.8. The fourth-order valence-corrected chi connectivity index (χ4v) is 6.97. The van der Waals surface area contributed by atoms with Crippen LogP contribution in [0.4, 0.5) is 22.7 Å². The van der Waals surface area contributed by atoms with Crippen molar-refractivity contribution in [2.75, 3.05) is 10.2 Å². The van der Waals surface area contributed by atoms with Crippen LogP contribution in [0.5, 0.6) is 0 Å². The van der Waals surface area contributed by atoms with Gasteiger partial charge in [0.05, 0.1) is 22.4 Å². The predicted molar refractivity (Wildman–Crippen MR) is 191 cm³/mol. The molecule has 1 aromatic heterocycles. The Balaban J connectivity index is 1.07. The van der Waals surface area contributed by atoms with Crippen molar-refractivity contribution in [1.82, 2.24) is 4.57 Å². The summed E-state index contributed by atoms with van der Waals surface area (Å²) in [6.07, 6.45) is 1.80. The monoisotopic (exact) mass is 595 g/mol. The quantitative estimate of drug-likeness (QED) is 0.188. The van der Waals surface area contributed by atoms with Crippen LogP contribution in [0.15, 0.2) is 157 Å². The minimum absolute atomic E-state index is 0.0895. The average molecular weight is 596 g/mol. The highest BCUT2D eigenvalue weighted by molar-refractivity contribution is 6.09. The molecule has 6 aromatic carbocycles. The number of aromatic nitrogens is 1. The van der Waals surface area contributed by atoms with Gasteiger partial charge >= 0.3 is 0 Å². The van der Waals surface area contributed by atoms with Crippen LogP contribution in [0, 0.1) is 5.53 Å². The number of benzene rings is 6. The molecule has 1 aliphatic heterocycles. The average Bonchev–Trinajstić information content (AvgIpc) is 3.44. The highest BCUT2D eigenvalue weighted by Gasteiger charge is 2.36. The summed E-state index contributed by atoms with van der Waals surface area (Å²) in [5.74, 6) is 0. The first-order valence-corrected chi connectivity index (χ1v) is 15.6. The summed E-state index contributed by atoms with van der Waals surface area (Å²) in [6, 6.07) is 51.0. The standard InChI is InChI=1S/C41H33N5/c1-41(2)34-13-5-9-17-39(34)46(40-18-10-6-14-35(40)41)31-25-21-29(22-26-31)43-27-36(44-42)28-19-23-30(24-20-28)45-37-15-7-3-11-32(37)33-12-4-8-16-38(33)45/h3-27,42-43H,1-2H3/b36-27-,44-42?. The lowest BCUT2D eigenvalue weighted by atomic mass is 9.73. The molecule has 0 radical (unpaired) electrons. The van der Waals surface area contributed by atoms with E-state index in [0.717, 1.165) is 22.6 Å². The number of rotatable bonds is 6. The van der Waals surface area contributed by atoms with Gasteiger partial charge in [-0.15, -0.1) is 0 Å². The maximum absolute atomic E-state index is 7.92. The molecule has 2 N–H and O–H groups in total. The number of nitrogens with one attached hydrogen (secondary N) is 2. The van der Waals surface area contributed by atoms with Gasteiger partial charge < -0.3 is 14.8 Å². The van der Waals surface area contributed by atoms with E-state index < -0.39 is 0 Å². The van der Waals surface area contributed by atoms with Gasteiger partial charge in [0.1, 0.15) is 5.70 Å². The number of hydrogen-bond donors (Lipinski definition) is 2. The van der Waals surface area contributed by atoms with Crippen molar-refractivity contribution in [3.63, 3.8) is 0 Å². The van der Waals surface area contributed by atoms with Gasteiger partial charge in [0.2, 0.25) is 0 Å². The number of fused-ring (bicyclic) bond motifs is 5. The third-order valence-electron chi connectivity index (χ3n) is 9.26. The van der Waals surface area contributed by atoms with Crippen LogP contribution in [0.3, 0.4) is 0 Å². The molecule has 5 nitrogen and oxygen atoms in total. The Labute approximate surface area is 268 Å². The first-order chi connectivity index (χ1) is 22.5. The van der Waals surface area contributed by atoms with E-state index >= 15 is 0 Å². The largest absolute Gasteiger partial charge is 0.360 e. The van der Waals surface area contributed by atoms with E-state index in [1.165, 1.54) is 44.3 Å². The third kappa shape index (κ3) is 4.39. The summed E-state index contributed by atoms with van der Waals surface area (Å²) >= 11 is 0. The summed E-state index contributed by atoms with van der Waals surface area (Å²) in [7, 11) is 0. The molecule has 222 valence electrons. The van der Waals surface area contributed by atoms with Gasteiger partial charge in [0.25, 0.3) is 0 Å². The van der Waals surface area contributed by atoms with Crippen LogP contribution in [-0.2, 0) is 5.41 Å². The van der Waals surface area contributed by atoms with Crippen molar-refractivity contribution in [2.45, 2.75) is 19.3 Å². The molecule has 46 heavy (non-hydrogen) atoms. The molecule has 2 heterocycles. The maximum Gasteiger partial charge on any atom is 0.108 e. The lowest BCUT2D eigenvalue weighted by molar-refractivity contribution is 0.632. The fourth-order valence-electron chi connectivity index (χ4n) is 6.97. The number of nitrogens with zero attached hydrogens (tertiary/aromatic N) is 3. The summed E-state index contributed by atoms with van der Waals surface area (Å²) in [4.78, 5) is 2.35. The van der Waals surface area contributed by atoms with Crippen LogP contribution < -0.4 is 10.2 Å². The van der Waals surface area contributed by atoms with Gasteiger partial charge in [0.15, 0.2) is 0 Å². The van der Waals surface area contributed by atoms with E-state index in [1.807, 2.05) is 12.1 Å². The maximum atomic E-state index is 7.92. The van der Waals surface area contributed by atoms with Crippen LogP contribution >= 0.6 is 0 Å². The Hall–Kier alpha value is -5.94. The normalized spacial score (nSPS) is 13.8. The third-order valence-corrected chi connectivity index (χ3v) is 9.26. The molecule has 8 rings (SSSR count). The van der Waals surface area contributed by atoms with Gasteiger partial charge in [-0.1, -0.05) is 98.8 Å². The second-order valence-electron chi connectivity index (χ2n) is 12.2. The number of hydrogen-bond acceptors (Lipinski definition) is 4. The molecule has 0 unspecified atom stereocenters. The Morgan fingerprint density at radius 3 is 1.67 bits per heavy atom. The molecule has 5 heteroatoms. The molecular formula is C41H33N5. The smallest absolute Gasteiger partial charge is 0.108 e. The zero-order valence-corrected chi connectivity index (χ0v) is 25.8. The second kappa shape index (κ2) is 10.9. The van der Waals surface area contributed by atoms with Crippen molar-refractivity contribution >= 4 is 50.3 Å². The van der Waals surface area contributed by atoms with Crippen molar-refractivity contribution in [2.24, 2.45) is 5.11 Å². The summed E-state index contributed by atoms with van der Waals surface area (Å²) in [6.45, 7) is 4.60. The van der Waals surface area contributed by atoms with E-state index in [1.54, 1.807) is 6.20 Å². The van der Waals surface area contributed by atoms with Crippen LogP contribution in [0.2, 0.25) is 0 Å². The minimum Gasteiger partial charge on any atom is -0.360 e.